The molecule has 0 saturated carbocycles. The summed E-state index contributed by atoms with van der Waals surface area (Å²) in [4.78, 5) is 4.76. The molecule has 256 valence electrons. The number of aryl methyl sites for hydroxylation is 3. The molecule has 6 aromatic carbocycles. The van der Waals surface area contributed by atoms with Crippen molar-refractivity contribution in [2.45, 2.75) is 20.8 Å². The number of hydrogen-bond acceptors (Lipinski definition) is 4. The van der Waals surface area contributed by atoms with Gasteiger partial charge in [0.1, 0.15) is 5.82 Å². The number of benzene rings is 6. The predicted octanol–water partition coefficient (Wildman–Crippen LogP) is 8.41. The van der Waals surface area contributed by atoms with E-state index in [-0.39, 0.29) is 6.71 Å². The zero-order valence-corrected chi connectivity index (χ0v) is 30.3. The summed E-state index contributed by atoms with van der Waals surface area (Å²) in [5.74, 6) is 2.43. The van der Waals surface area contributed by atoms with Crippen LogP contribution in [-0.4, -0.2) is 31.0 Å². The van der Waals surface area contributed by atoms with Crippen LogP contribution in [0.25, 0.3) is 56.1 Å². The van der Waals surface area contributed by atoms with E-state index in [1.807, 2.05) is 42.6 Å². The van der Waals surface area contributed by atoms with Gasteiger partial charge in [0.15, 0.2) is 11.6 Å². The highest BCUT2D eigenvalue weighted by Crippen LogP contribution is 2.34. The van der Waals surface area contributed by atoms with E-state index in [0.717, 1.165) is 83.7 Å². The second-order valence-corrected chi connectivity index (χ2v) is 13.9. The molecule has 0 aliphatic rings. The van der Waals surface area contributed by atoms with Crippen molar-refractivity contribution in [3.63, 3.8) is 0 Å². The maximum absolute atomic E-state index is 9.77. The zero-order valence-electron chi connectivity index (χ0n) is 30.3. The monoisotopic (exact) mass is 694 g/mol. The summed E-state index contributed by atoms with van der Waals surface area (Å²) in [7, 11) is 0. The van der Waals surface area contributed by atoms with Gasteiger partial charge in [-0.3, -0.25) is 9.13 Å². The van der Waals surface area contributed by atoms with Crippen molar-refractivity contribution < 1.29 is 0 Å². The maximum Gasteiger partial charge on any atom is 0.241 e. The molecule has 54 heavy (non-hydrogen) atoms. The van der Waals surface area contributed by atoms with Gasteiger partial charge < -0.3 is 0 Å². The molecule has 7 heteroatoms. The van der Waals surface area contributed by atoms with Crippen LogP contribution in [0, 0.1) is 32.1 Å². The van der Waals surface area contributed by atoms with E-state index >= 15 is 0 Å². The standard InChI is InChI=1S/C47H35BN6/c1-31-13-7-8-20-39(31)47-52-51-46(54(47)45-32(2)14-11-15-33(45)3)35-16-12-19-37(28-35)48(36-17-5-4-6-18-36)38-23-24-40-41-27-34(30-49)22-25-42(41)53(43(40)29-38)44-21-9-10-26-50-44/h4-29H,1-3H3. The quantitative estimate of drug-likeness (QED) is 0.157. The molecule has 0 aliphatic heterocycles. The number of aromatic nitrogens is 5. The van der Waals surface area contributed by atoms with Gasteiger partial charge >= 0.3 is 0 Å². The van der Waals surface area contributed by atoms with Gasteiger partial charge in [0.05, 0.1) is 28.4 Å². The molecule has 3 heterocycles. The van der Waals surface area contributed by atoms with Crippen LogP contribution in [-0.2, 0) is 0 Å². The fourth-order valence-corrected chi connectivity index (χ4v) is 7.94. The molecule has 0 atom stereocenters. The van der Waals surface area contributed by atoms with Gasteiger partial charge in [0.2, 0.25) is 6.71 Å². The predicted molar refractivity (Wildman–Crippen MR) is 221 cm³/mol. The number of para-hydroxylation sites is 1. The number of pyridine rings is 1. The van der Waals surface area contributed by atoms with Crippen LogP contribution in [0.15, 0.2) is 158 Å². The van der Waals surface area contributed by atoms with Crippen molar-refractivity contribution in [1.29, 1.82) is 5.26 Å². The lowest BCUT2D eigenvalue weighted by Crippen LogP contribution is -2.52. The van der Waals surface area contributed by atoms with Gasteiger partial charge in [0, 0.05) is 28.1 Å². The van der Waals surface area contributed by atoms with E-state index in [1.54, 1.807) is 0 Å². The fraction of sp³-hybridized carbons (Fsp3) is 0.0638. The highest BCUT2D eigenvalue weighted by Gasteiger charge is 2.26. The summed E-state index contributed by atoms with van der Waals surface area (Å²) in [6, 6.07) is 55.0. The number of fused-ring (bicyclic) bond motifs is 3. The van der Waals surface area contributed by atoms with Crippen LogP contribution < -0.4 is 16.4 Å². The Morgan fingerprint density at radius 3 is 2.02 bits per heavy atom. The molecule has 0 fully saturated rings. The Balaban J connectivity index is 1.26. The SMILES string of the molecule is Cc1ccccc1-c1nnc(-c2cccc(B(c3ccccc3)c3ccc4c5cc(C#N)ccc5n(-c5ccccn5)c4c3)c2)n1-c1c(C)cccc1C. The molecular formula is C47H35BN6. The molecule has 6 nitrogen and oxygen atoms in total. The molecule has 9 aromatic rings. The highest BCUT2D eigenvalue weighted by atomic mass is 15.3. The molecule has 0 bridgehead atoms. The first-order valence-electron chi connectivity index (χ1n) is 18.1. The van der Waals surface area contributed by atoms with E-state index in [1.165, 1.54) is 5.46 Å². The number of nitriles is 1. The first-order valence-corrected chi connectivity index (χ1v) is 18.1. The van der Waals surface area contributed by atoms with Gasteiger partial charge in [-0.2, -0.15) is 5.26 Å². The van der Waals surface area contributed by atoms with Crippen LogP contribution in [0.5, 0.6) is 0 Å². The van der Waals surface area contributed by atoms with Gasteiger partial charge in [-0.05, 0) is 73.9 Å². The van der Waals surface area contributed by atoms with Crippen LogP contribution >= 0.6 is 0 Å². The third-order valence-electron chi connectivity index (χ3n) is 10.5. The summed E-state index contributed by atoms with van der Waals surface area (Å²) >= 11 is 0. The maximum atomic E-state index is 9.77. The van der Waals surface area contributed by atoms with Crippen molar-refractivity contribution in [2.24, 2.45) is 0 Å². The van der Waals surface area contributed by atoms with Gasteiger partial charge in [0.25, 0.3) is 0 Å². The molecule has 0 saturated heterocycles. The molecule has 0 unspecified atom stereocenters. The van der Waals surface area contributed by atoms with Gasteiger partial charge in [-0.1, -0.05) is 132 Å². The van der Waals surface area contributed by atoms with E-state index in [4.69, 9.17) is 15.2 Å². The Morgan fingerprint density at radius 1 is 0.537 bits per heavy atom. The Bertz CT molecular complexity index is 2860. The first-order chi connectivity index (χ1) is 26.5. The van der Waals surface area contributed by atoms with Crippen LogP contribution in [0.3, 0.4) is 0 Å². The largest absolute Gasteiger partial charge is 0.294 e. The normalized spacial score (nSPS) is 11.2. The molecule has 0 N–H and O–H groups in total. The molecule has 0 radical (unpaired) electrons. The number of nitrogens with zero attached hydrogens (tertiary/aromatic N) is 6. The van der Waals surface area contributed by atoms with Crippen molar-refractivity contribution in [3.8, 4) is 40.4 Å². The van der Waals surface area contributed by atoms with Crippen molar-refractivity contribution in [3.05, 3.63) is 180 Å². The van der Waals surface area contributed by atoms with E-state index in [2.05, 4.69) is 151 Å². The third kappa shape index (κ3) is 5.57. The average Bonchev–Trinajstić information content (AvgIpc) is 3.78. The third-order valence-corrected chi connectivity index (χ3v) is 10.5. The Labute approximate surface area is 314 Å². The van der Waals surface area contributed by atoms with Gasteiger partial charge in [-0.15, -0.1) is 10.2 Å². The smallest absolute Gasteiger partial charge is 0.241 e. The zero-order chi connectivity index (χ0) is 36.8. The van der Waals surface area contributed by atoms with E-state index < -0.39 is 0 Å². The average molecular weight is 695 g/mol. The minimum atomic E-state index is -0.0900. The van der Waals surface area contributed by atoms with Crippen molar-refractivity contribution in [1.82, 2.24) is 24.3 Å². The highest BCUT2D eigenvalue weighted by molar-refractivity contribution is 6.95. The molecular weight excluding hydrogens is 659 g/mol. The second-order valence-electron chi connectivity index (χ2n) is 13.9. The summed E-state index contributed by atoms with van der Waals surface area (Å²) in [5, 5.41) is 21.6. The van der Waals surface area contributed by atoms with Crippen LogP contribution in [0.1, 0.15) is 22.3 Å². The van der Waals surface area contributed by atoms with E-state index in [0.29, 0.717) is 5.56 Å². The summed E-state index contributed by atoms with van der Waals surface area (Å²) in [6.07, 6.45) is 1.82. The lowest BCUT2D eigenvalue weighted by molar-refractivity contribution is 1.03. The molecule has 0 aliphatic carbocycles. The van der Waals surface area contributed by atoms with Gasteiger partial charge in [-0.25, -0.2) is 4.98 Å². The molecule has 9 rings (SSSR count). The summed E-state index contributed by atoms with van der Waals surface area (Å²) in [5.41, 5.74) is 12.7. The van der Waals surface area contributed by atoms with Crippen LogP contribution in [0.2, 0.25) is 0 Å². The Morgan fingerprint density at radius 2 is 1.24 bits per heavy atom. The summed E-state index contributed by atoms with van der Waals surface area (Å²) in [6.45, 7) is 6.33. The lowest BCUT2D eigenvalue weighted by atomic mass is 9.36. The fourth-order valence-electron chi connectivity index (χ4n) is 7.94. The van der Waals surface area contributed by atoms with Crippen molar-refractivity contribution >= 4 is 44.9 Å². The first kappa shape index (κ1) is 32.8. The Kier molecular flexibility index (Phi) is 8.21. The Hall–Kier alpha value is -7.04. The molecule has 0 amide bonds. The van der Waals surface area contributed by atoms with Crippen molar-refractivity contribution in [2.75, 3.05) is 0 Å². The lowest BCUT2D eigenvalue weighted by Gasteiger charge is -2.19. The topological polar surface area (TPSA) is 72.3 Å². The summed E-state index contributed by atoms with van der Waals surface area (Å²) < 4.78 is 4.43. The number of rotatable bonds is 7. The number of hydrogen-bond donors (Lipinski definition) is 0. The van der Waals surface area contributed by atoms with E-state index in [9.17, 15) is 5.26 Å². The molecule has 3 aromatic heterocycles. The van der Waals surface area contributed by atoms with Crippen LogP contribution in [0.4, 0.5) is 0 Å². The minimum Gasteiger partial charge on any atom is -0.294 e. The molecule has 0 spiro atoms. The second kappa shape index (κ2) is 13.5. The minimum absolute atomic E-state index is 0.0900.